The molecule has 0 amide bonds. The Hall–Kier alpha value is -1.97. The summed E-state index contributed by atoms with van der Waals surface area (Å²) in [5.41, 5.74) is 0.511. The molecule has 2 rings (SSSR count). The Kier molecular flexibility index (Phi) is 2.56. The summed E-state index contributed by atoms with van der Waals surface area (Å²) in [5.74, 6) is -0.0609. The minimum absolute atomic E-state index is 0.140. The lowest BCUT2D eigenvalue weighted by Gasteiger charge is -1.95. The van der Waals surface area contributed by atoms with Crippen molar-refractivity contribution in [3.05, 3.63) is 41.5 Å². The molecule has 4 heteroatoms. The van der Waals surface area contributed by atoms with E-state index < -0.39 is 5.82 Å². The first-order valence-corrected chi connectivity index (χ1v) is 4.83. The molecule has 3 nitrogen and oxygen atoms in total. The number of halogens is 1. The normalized spacial score (nSPS) is 10.4. The van der Waals surface area contributed by atoms with Gasteiger partial charge in [0.05, 0.1) is 5.56 Å². The molecule has 0 N–H and O–H groups in total. The predicted octanol–water partition coefficient (Wildman–Crippen LogP) is 2.99. The molecule has 0 saturated carbocycles. The fourth-order valence-electron chi connectivity index (χ4n) is 1.47. The quantitative estimate of drug-likeness (QED) is 0.729. The number of nitrogens with zero attached hydrogens (tertiary/aromatic N) is 1. The van der Waals surface area contributed by atoms with E-state index >= 15 is 0 Å². The lowest BCUT2D eigenvalue weighted by Crippen LogP contribution is -1.94. The van der Waals surface area contributed by atoms with E-state index in [2.05, 4.69) is 4.98 Å². The summed E-state index contributed by atoms with van der Waals surface area (Å²) in [7, 11) is 0. The lowest BCUT2D eigenvalue weighted by atomic mass is 10.2. The summed E-state index contributed by atoms with van der Waals surface area (Å²) in [4.78, 5) is 15.2. The number of oxazole rings is 1. The van der Waals surface area contributed by atoms with Gasteiger partial charge in [0.25, 0.3) is 0 Å². The molecule has 2 aromatic rings. The van der Waals surface area contributed by atoms with E-state index in [0.717, 1.165) is 0 Å². The van der Waals surface area contributed by atoms with Crippen LogP contribution in [0, 0.1) is 12.7 Å². The van der Waals surface area contributed by atoms with Gasteiger partial charge < -0.3 is 4.42 Å². The van der Waals surface area contributed by atoms with Crippen LogP contribution in [0.5, 0.6) is 0 Å². The van der Waals surface area contributed by atoms with Crippen LogP contribution in [-0.4, -0.2) is 10.8 Å². The predicted molar refractivity (Wildman–Crippen MR) is 56.6 cm³/mol. The highest BCUT2D eigenvalue weighted by Crippen LogP contribution is 2.24. The molecule has 1 heterocycles. The zero-order valence-corrected chi connectivity index (χ0v) is 8.95. The van der Waals surface area contributed by atoms with E-state index in [1.54, 1.807) is 25.1 Å². The van der Waals surface area contributed by atoms with E-state index in [4.69, 9.17) is 4.42 Å². The molecule has 0 atom stereocenters. The number of hydrogen-bond acceptors (Lipinski definition) is 3. The van der Waals surface area contributed by atoms with Crippen LogP contribution in [0.2, 0.25) is 0 Å². The topological polar surface area (TPSA) is 43.1 Å². The Bertz CT molecular complexity index is 546. The van der Waals surface area contributed by atoms with Gasteiger partial charge in [0, 0.05) is 6.92 Å². The maximum Gasteiger partial charge on any atom is 0.229 e. The average Bonchev–Trinajstić information content (AvgIpc) is 2.61. The molecule has 82 valence electrons. The van der Waals surface area contributed by atoms with Gasteiger partial charge in [-0.15, -0.1) is 0 Å². The third kappa shape index (κ3) is 1.74. The maximum absolute atomic E-state index is 13.4. The molecule has 0 aliphatic heterocycles. The number of ketones is 1. The molecule has 0 unspecified atom stereocenters. The molecule has 0 bridgehead atoms. The van der Waals surface area contributed by atoms with Gasteiger partial charge in [0.15, 0.2) is 5.78 Å². The molecule has 0 aliphatic carbocycles. The molecule has 0 spiro atoms. The summed E-state index contributed by atoms with van der Waals surface area (Å²) in [6.07, 6.45) is 0. The van der Waals surface area contributed by atoms with Crippen molar-refractivity contribution in [1.82, 2.24) is 4.98 Å². The zero-order chi connectivity index (χ0) is 11.7. The molecule has 0 saturated heterocycles. The lowest BCUT2D eigenvalue weighted by molar-refractivity contribution is 0.101. The summed E-state index contributed by atoms with van der Waals surface area (Å²) >= 11 is 0. The Labute approximate surface area is 91.9 Å². The molecule has 0 aliphatic rings. The molecular weight excluding hydrogens is 209 g/mol. The van der Waals surface area contributed by atoms with Gasteiger partial charge in [0.1, 0.15) is 17.3 Å². The molecule has 1 aromatic heterocycles. The first kappa shape index (κ1) is 10.5. The van der Waals surface area contributed by atoms with Crippen LogP contribution in [-0.2, 0) is 0 Å². The third-order valence-electron chi connectivity index (χ3n) is 2.23. The van der Waals surface area contributed by atoms with Crippen molar-refractivity contribution in [3.8, 4) is 11.5 Å². The Morgan fingerprint density at radius 1 is 1.38 bits per heavy atom. The van der Waals surface area contributed by atoms with E-state index in [9.17, 15) is 9.18 Å². The molecule has 0 fully saturated rings. The minimum Gasteiger partial charge on any atom is -0.441 e. The van der Waals surface area contributed by atoms with Gasteiger partial charge in [-0.2, -0.15) is 0 Å². The van der Waals surface area contributed by atoms with E-state index in [1.807, 2.05) is 0 Å². The van der Waals surface area contributed by atoms with Gasteiger partial charge in [0.2, 0.25) is 5.89 Å². The van der Waals surface area contributed by atoms with Crippen molar-refractivity contribution in [3.63, 3.8) is 0 Å². The Balaban J connectivity index is 2.54. The first-order chi connectivity index (χ1) is 7.59. The van der Waals surface area contributed by atoms with Crippen molar-refractivity contribution in [1.29, 1.82) is 0 Å². The van der Waals surface area contributed by atoms with Gasteiger partial charge in [-0.25, -0.2) is 9.37 Å². The van der Waals surface area contributed by atoms with Crippen LogP contribution in [0.15, 0.2) is 28.7 Å². The van der Waals surface area contributed by atoms with E-state index in [0.29, 0.717) is 5.76 Å². The molecule has 1 aromatic carbocycles. The number of benzene rings is 1. The number of carbonyl (C=O) groups excluding carboxylic acids is 1. The number of aromatic nitrogens is 1. The second-order valence-corrected chi connectivity index (χ2v) is 3.46. The SMILES string of the molecule is CC(=O)c1nc(-c2ccccc2F)oc1C. The average molecular weight is 219 g/mol. The summed E-state index contributed by atoms with van der Waals surface area (Å²) in [6, 6.07) is 6.15. The van der Waals surface area contributed by atoms with Gasteiger partial charge in [-0.1, -0.05) is 12.1 Å². The van der Waals surface area contributed by atoms with Crippen molar-refractivity contribution in [2.75, 3.05) is 0 Å². The first-order valence-electron chi connectivity index (χ1n) is 4.83. The number of rotatable bonds is 2. The van der Waals surface area contributed by atoms with Crippen molar-refractivity contribution >= 4 is 5.78 Å². The van der Waals surface area contributed by atoms with Crippen molar-refractivity contribution in [2.24, 2.45) is 0 Å². The smallest absolute Gasteiger partial charge is 0.229 e. The second-order valence-electron chi connectivity index (χ2n) is 3.46. The fraction of sp³-hybridized carbons (Fsp3) is 0.167. The zero-order valence-electron chi connectivity index (χ0n) is 8.95. The summed E-state index contributed by atoms with van der Waals surface area (Å²) < 4.78 is 18.7. The monoisotopic (exact) mass is 219 g/mol. The molecule has 16 heavy (non-hydrogen) atoms. The number of carbonyl (C=O) groups is 1. The maximum atomic E-state index is 13.4. The van der Waals surface area contributed by atoms with E-state index in [-0.39, 0.29) is 22.9 Å². The fourth-order valence-corrected chi connectivity index (χ4v) is 1.47. The Morgan fingerprint density at radius 3 is 2.62 bits per heavy atom. The molecule has 0 radical (unpaired) electrons. The number of aryl methyl sites for hydroxylation is 1. The van der Waals surface area contributed by atoms with Crippen LogP contribution in [0.25, 0.3) is 11.5 Å². The highest BCUT2D eigenvalue weighted by Gasteiger charge is 2.16. The summed E-state index contributed by atoms with van der Waals surface area (Å²) in [6.45, 7) is 3.03. The van der Waals surface area contributed by atoms with Crippen LogP contribution < -0.4 is 0 Å². The van der Waals surface area contributed by atoms with E-state index in [1.165, 1.54) is 13.0 Å². The molecular formula is C12H10FNO2. The van der Waals surface area contributed by atoms with Crippen LogP contribution in [0.3, 0.4) is 0 Å². The Morgan fingerprint density at radius 2 is 2.06 bits per heavy atom. The number of hydrogen-bond donors (Lipinski definition) is 0. The van der Waals surface area contributed by atoms with Crippen molar-refractivity contribution in [2.45, 2.75) is 13.8 Å². The summed E-state index contributed by atoms with van der Waals surface area (Å²) in [5, 5.41) is 0. The number of Topliss-reactive ketones (excluding diaryl/α,β-unsaturated/α-hetero) is 1. The highest BCUT2D eigenvalue weighted by atomic mass is 19.1. The van der Waals surface area contributed by atoms with Crippen LogP contribution >= 0.6 is 0 Å². The van der Waals surface area contributed by atoms with Gasteiger partial charge in [-0.3, -0.25) is 4.79 Å². The highest BCUT2D eigenvalue weighted by molar-refractivity contribution is 5.93. The third-order valence-corrected chi connectivity index (χ3v) is 2.23. The minimum atomic E-state index is -0.418. The van der Waals surface area contributed by atoms with Gasteiger partial charge >= 0.3 is 0 Å². The van der Waals surface area contributed by atoms with Crippen molar-refractivity contribution < 1.29 is 13.6 Å². The van der Waals surface area contributed by atoms with Crippen LogP contribution in [0.1, 0.15) is 23.2 Å². The van der Waals surface area contributed by atoms with Crippen LogP contribution in [0.4, 0.5) is 4.39 Å². The largest absolute Gasteiger partial charge is 0.441 e. The van der Waals surface area contributed by atoms with Gasteiger partial charge in [-0.05, 0) is 19.1 Å². The second kappa shape index (κ2) is 3.89. The standard InChI is InChI=1S/C12H10FNO2/c1-7(15)11-8(2)16-12(14-11)9-5-3-4-6-10(9)13/h3-6H,1-2H3.